The number of anilines is 1. The summed E-state index contributed by atoms with van der Waals surface area (Å²) in [5, 5.41) is 0. The zero-order valence-electron chi connectivity index (χ0n) is 12.3. The van der Waals surface area contributed by atoms with Crippen LogP contribution in [0.15, 0.2) is 24.3 Å². The number of hydrogen-bond donors (Lipinski definition) is 2. The van der Waals surface area contributed by atoms with Gasteiger partial charge in [-0.15, -0.1) is 0 Å². The number of benzene rings is 1. The Labute approximate surface area is 119 Å². The third-order valence-electron chi connectivity index (χ3n) is 3.32. The van der Waals surface area contributed by atoms with Gasteiger partial charge in [-0.2, -0.15) is 0 Å². The second kappa shape index (κ2) is 5.32. The number of rotatable bonds is 1. The van der Waals surface area contributed by atoms with Crippen LogP contribution in [0, 0.1) is 0 Å². The molecule has 2 rings (SSSR count). The number of carbonyl (C=O) groups is 1. The molecule has 0 spiro atoms. The molecular weight excluding hydrogens is 254 g/mol. The lowest BCUT2D eigenvalue weighted by Gasteiger charge is -2.30. The summed E-state index contributed by atoms with van der Waals surface area (Å²) >= 11 is 0. The zero-order valence-corrected chi connectivity index (χ0v) is 12.3. The van der Waals surface area contributed by atoms with Crippen LogP contribution >= 0.6 is 0 Å². The molecule has 0 aromatic heterocycles. The molecule has 0 unspecified atom stereocenters. The van der Waals surface area contributed by atoms with Gasteiger partial charge >= 0.3 is 6.09 Å². The van der Waals surface area contributed by atoms with Gasteiger partial charge in [0.15, 0.2) is 0 Å². The summed E-state index contributed by atoms with van der Waals surface area (Å²) in [6.07, 6.45) is 0.441. The minimum absolute atomic E-state index is 0.0932. The molecule has 1 aliphatic heterocycles. The molecule has 1 heterocycles. The monoisotopic (exact) mass is 277 g/mol. The minimum atomic E-state index is -0.510. The summed E-state index contributed by atoms with van der Waals surface area (Å²) in [7, 11) is 0. The first-order chi connectivity index (χ1) is 9.28. The Balaban J connectivity index is 2.23. The third kappa shape index (κ3) is 3.22. The number of likely N-dealkylation sites (tertiary alicyclic amines) is 1. The van der Waals surface area contributed by atoms with Crippen LogP contribution in [0.3, 0.4) is 0 Å². The van der Waals surface area contributed by atoms with Crippen molar-refractivity contribution >= 4 is 11.8 Å². The van der Waals surface area contributed by atoms with E-state index < -0.39 is 5.60 Å². The lowest BCUT2D eigenvalue weighted by Crippen LogP contribution is -2.39. The maximum atomic E-state index is 12.3. The molecule has 1 aromatic carbocycles. The number of ether oxygens (including phenoxy) is 1. The van der Waals surface area contributed by atoms with Gasteiger partial charge < -0.3 is 16.2 Å². The standard InChI is InChI=1S/C15H23N3O2/c1-15(2,3)20-14(19)18-8-7-12(17)13(18)10-5-4-6-11(16)9-10/h4-6,9,12-13H,7-8,16-17H2,1-3H3/t12-,13+/m1/s1. The Morgan fingerprint density at radius 1 is 1.40 bits per heavy atom. The summed E-state index contributed by atoms with van der Waals surface area (Å²) in [6, 6.07) is 7.25. The van der Waals surface area contributed by atoms with E-state index in [4.69, 9.17) is 16.2 Å². The van der Waals surface area contributed by atoms with E-state index in [0.29, 0.717) is 12.2 Å². The average molecular weight is 277 g/mol. The molecule has 4 N–H and O–H groups in total. The molecule has 0 radical (unpaired) electrons. The van der Waals surface area contributed by atoms with Crippen LogP contribution in [0.4, 0.5) is 10.5 Å². The Hall–Kier alpha value is -1.75. The van der Waals surface area contributed by atoms with Crippen LogP contribution in [0.2, 0.25) is 0 Å². The highest BCUT2D eigenvalue weighted by Crippen LogP contribution is 2.33. The van der Waals surface area contributed by atoms with Gasteiger partial charge in [0.25, 0.3) is 0 Å². The molecule has 110 valence electrons. The van der Waals surface area contributed by atoms with E-state index in [1.54, 1.807) is 4.90 Å². The molecular formula is C15H23N3O2. The Bertz CT molecular complexity index is 496. The number of hydrogen-bond acceptors (Lipinski definition) is 4. The quantitative estimate of drug-likeness (QED) is 0.772. The van der Waals surface area contributed by atoms with E-state index in [1.807, 2.05) is 45.0 Å². The van der Waals surface area contributed by atoms with Gasteiger partial charge in [-0.1, -0.05) is 12.1 Å². The number of carbonyl (C=O) groups excluding carboxylic acids is 1. The highest BCUT2D eigenvalue weighted by Gasteiger charge is 2.38. The first kappa shape index (κ1) is 14.7. The van der Waals surface area contributed by atoms with E-state index in [-0.39, 0.29) is 18.2 Å². The van der Waals surface area contributed by atoms with Crippen LogP contribution in [0.25, 0.3) is 0 Å². The molecule has 0 saturated carbocycles. The molecule has 1 amide bonds. The molecule has 20 heavy (non-hydrogen) atoms. The summed E-state index contributed by atoms with van der Waals surface area (Å²) in [6.45, 7) is 6.18. The molecule has 1 fully saturated rings. The van der Waals surface area contributed by atoms with Gasteiger partial charge in [-0.25, -0.2) is 4.79 Å². The average Bonchev–Trinajstić information content (AvgIpc) is 2.69. The molecule has 0 aliphatic carbocycles. The van der Waals surface area contributed by atoms with E-state index in [0.717, 1.165) is 12.0 Å². The predicted molar refractivity (Wildman–Crippen MR) is 79.1 cm³/mol. The first-order valence-corrected chi connectivity index (χ1v) is 6.88. The van der Waals surface area contributed by atoms with Crippen LogP contribution in [-0.2, 0) is 4.74 Å². The van der Waals surface area contributed by atoms with E-state index in [2.05, 4.69) is 0 Å². The molecule has 1 aliphatic rings. The van der Waals surface area contributed by atoms with E-state index in [9.17, 15) is 4.79 Å². The zero-order chi connectivity index (χ0) is 14.9. The number of nitrogen functional groups attached to an aromatic ring is 1. The molecule has 1 saturated heterocycles. The number of amides is 1. The summed E-state index contributed by atoms with van der Waals surface area (Å²) < 4.78 is 5.45. The lowest BCUT2D eigenvalue weighted by molar-refractivity contribution is 0.0218. The second-order valence-corrected chi connectivity index (χ2v) is 6.24. The second-order valence-electron chi connectivity index (χ2n) is 6.24. The van der Waals surface area contributed by atoms with Crippen molar-refractivity contribution in [2.24, 2.45) is 5.73 Å². The SMILES string of the molecule is CC(C)(C)OC(=O)N1CC[C@@H](N)[C@@H]1c1cccc(N)c1. The normalized spacial score (nSPS) is 22.9. The maximum absolute atomic E-state index is 12.3. The van der Waals surface area contributed by atoms with Crippen LogP contribution in [-0.4, -0.2) is 29.2 Å². The maximum Gasteiger partial charge on any atom is 0.410 e. The van der Waals surface area contributed by atoms with Crippen molar-refractivity contribution in [1.82, 2.24) is 4.90 Å². The van der Waals surface area contributed by atoms with E-state index >= 15 is 0 Å². The topological polar surface area (TPSA) is 81.6 Å². The number of nitrogens with two attached hydrogens (primary N) is 2. The van der Waals surface area contributed by atoms with Crippen molar-refractivity contribution in [1.29, 1.82) is 0 Å². The Morgan fingerprint density at radius 2 is 2.10 bits per heavy atom. The van der Waals surface area contributed by atoms with Crippen molar-refractivity contribution in [3.63, 3.8) is 0 Å². The molecule has 2 atom stereocenters. The first-order valence-electron chi connectivity index (χ1n) is 6.88. The van der Waals surface area contributed by atoms with Crippen molar-refractivity contribution in [2.75, 3.05) is 12.3 Å². The molecule has 5 nitrogen and oxygen atoms in total. The summed E-state index contributed by atoms with van der Waals surface area (Å²) in [5.74, 6) is 0. The van der Waals surface area contributed by atoms with Gasteiger partial charge in [-0.3, -0.25) is 4.90 Å². The number of nitrogens with zero attached hydrogens (tertiary/aromatic N) is 1. The van der Waals surface area contributed by atoms with Crippen LogP contribution < -0.4 is 11.5 Å². The predicted octanol–water partition coefficient (Wildman–Crippen LogP) is 2.28. The fourth-order valence-corrected chi connectivity index (χ4v) is 2.51. The largest absolute Gasteiger partial charge is 0.444 e. The van der Waals surface area contributed by atoms with Gasteiger partial charge in [0, 0.05) is 18.3 Å². The fraction of sp³-hybridized carbons (Fsp3) is 0.533. The molecule has 0 bridgehead atoms. The van der Waals surface area contributed by atoms with Crippen LogP contribution in [0.5, 0.6) is 0 Å². The van der Waals surface area contributed by atoms with Gasteiger partial charge in [0.05, 0.1) is 6.04 Å². The highest BCUT2D eigenvalue weighted by molar-refractivity contribution is 5.69. The van der Waals surface area contributed by atoms with Gasteiger partial charge in [-0.05, 0) is 44.9 Å². The fourth-order valence-electron chi connectivity index (χ4n) is 2.51. The van der Waals surface area contributed by atoms with Crippen molar-refractivity contribution in [2.45, 2.75) is 44.9 Å². The van der Waals surface area contributed by atoms with Crippen molar-refractivity contribution in [3.05, 3.63) is 29.8 Å². The Kier molecular flexibility index (Phi) is 3.90. The smallest absolute Gasteiger partial charge is 0.410 e. The highest BCUT2D eigenvalue weighted by atomic mass is 16.6. The van der Waals surface area contributed by atoms with Gasteiger partial charge in [0.1, 0.15) is 5.60 Å². The summed E-state index contributed by atoms with van der Waals surface area (Å²) in [5.41, 5.74) is 13.1. The van der Waals surface area contributed by atoms with Crippen molar-refractivity contribution < 1.29 is 9.53 Å². The van der Waals surface area contributed by atoms with Crippen molar-refractivity contribution in [3.8, 4) is 0 Å². The minimum Gasteiger partial charge on any atom is -0.444 e. The van der Waals surface area contributed by atoms with Gasteiger partial charge in [0.2, 0.25) is 0 Å². The summed E-state index contributed by atoms with van der Waals surface area (Å²) in [4.78, 5) is 14.0. The Morgan fingerprint density at radius 3 is 2.70 bits per heavy atom. The third-order valence-corrected chi connectivity index (χ3v) is 3.32. The molecule has 1 aromatic rings. The molecule has 5 heteroatoms. The lowest BCUT2D eigenvalue weighted by atomic mass is 10.0. The van der Waals surface area contributed by atoms with E-state index in [1.165, 1.54) is 0 Å². The van der Waals surface area contributed by atoms with Crippen LogP contribution in [0.1, 0.15) is 38.8 Å².